The molecule has 1 atom stereocenters. The second kappa shape index (κ2) is 7.81. The molecule has 1 heterocycles. The summed E-state index contributed by atoms with van der Waals surface area (Å²) in [4.78, 5) is 35.7. The van der Waals surface area contributed by atoms with E-state index < -0.39 is 17.8 Å². The molecule has 24 heavy (non-hydrogen) atoms. The molecule has 2 aromatic rings. The molecule has 0 aliphatic carbocycles. The molecule has 7 nitrogen and oxygen atoms in total. The molecule has 0 bridgehead atoms. The molecule has 1 aromatic heterocycles. The molecule has 0 aliphatic rings. The van der Waals surface area contributed by atoms with Crippen LogP contribution in [0.3, 0.4) is 0 Å². The van der Waals surface area contributed by atoms with Gasteiger partial charge in [0.05, 0.1) is 12.6 Å². The molecule has 1 aromatic carbocycles. The third-order valence-electron chi connectivity index (χ3n) is 3.66. The van der Waals surface area contributed by atoms with Crippen molar-refractivity contribution in [1.82, 2.24) is 9.88 Å². The number of fused-ring (bicyclic) bond motifs is 1. The lowest BCUT2D eigenvalue weighted by molar-refractivity contribution is -0.145. The average molecular weight is 334 g/mol. The summed E-state index contributed by atoms with van der Waals surface area (Å²) in [6.07, 6.45) is 0.558. The number of carbonyl (C=O) groups excluding carboxylic acids is 2. The molecular weight excluding hydrogens is 312 g/mol. The number of para-hydroxylation sites is 2. The highest BCUT2D eigenvalue weighted by Crippen LogP contribution is 2.12. The van der Waals surface area contributed by atoms with E-state index in [4.69, 9.17) is 9.15 Å². The topological polar surface area (TPSA) is 90.5 Å². The number of oxazole rings is 1. The van der Waals surface area contributed by atoms with Gasteiger partial charge in [0.2, 0.25) is 5.91 Å². The fourth-order valence-corrected chi connectivity index (χ4v) is 2.53. The summed E-state index contributed by atoms with van der Waals surface area (Å²) in [5.74, 6) is -1.06. The second-order valence-corrected chi connectivity index (χ2v) is 6.01. The Hall–Kier alpha value is -2.57. The van der Waals surface area contributed by atoms with Crippen molar-refractivity contribution in [3.63, 3.8) is 0 Å². The minimum absolute atomic E-state index is 0.0645. The predicted octanol–water partition coefficient (Wildman–Crippen LogP) is 1.69. The number of methoxy groups -OCH3 is 1. The molecule has 0 spiro atoms. The maximum Gasteiger partial charge on any atom is 0.419 e. The summed E-state index contributed by atoms with van der Waals surface area (Å²) in [6.45, 7) is 4.09. The number of rotatable bonds is 7. The lowest BCUT2D eigenvalue weighted by atomic mass is 10.0. The molecule has 0 saturated carbocycles. The SMILES string of the molecule is COC(=O)C(CC(C)C)NC(=O)CCn1c(=O)oc2ccccc21. The number of nitrogens with one attached hydrogen (secondary N) is 1. The summed E-state index contributed by atoms with van der Waals surface area (Å²) in [7, 11) is 1.29. The van der Waals surface area contributed by atoms with E-state index >= 15 is 0 Å². The highest BCUT2D eigenvalue weighted by molar-refractivity contribution is 5.84. The minimum atomic E-state index is -0.680. The Morgan fingerprint density at radius 1 is 1.29 bits per heavy atom. The van der Waals surface area contributed by atoms with Gasteiger partial charge >= 0.3 is 11.7 Å². The lowest BCUT2D eigenvalue weighted by Gasteiger charge is -2.18. The number of amides is 1. The van der Waals surface area contributed by atoms with Crippen molar-refractivity contribution in [2.75, 3.05) is 7.11 Å². The third kappa shape index (κ3) is 4.24. The van der Waals surface area contributed by atoms with E-state index in [1.54, 1.807) is 24.3 Å². The van der Waals surface area contributed by atoms with Gasteiger partial charge in [-0.1, -0.05) is 26.0 Å². The van der Waals surface area contributed by atoms with Crippen LogP contribution in [0.15, 0.2) is 33.5 Å². The van der Waals surface area contributed by atoms with Crippen molar-refractivity contribution < 1.29 is 18.7 Å². The lowest BCUT2D eigenvalue weighted by Crippen LogP contribution is -2.42. The first kappa shape index (κ1) is 17.8. The average Bonchev–Trinajstić information content (AvgIpc) is 2.86. The summed E-state index contributed by atoms with van der Waals surface area (Å²) in [6, 6.07) is 6.34. The highest BCUT2D eigenvalue weighted by Gasteiger charge is 2.22. The van der Waals surface area contributed by atoms with Crippen molar-refractivity contribution in [1.29, 1.82) is 0 Å². The number of aryl methyl sites for hydroxylation is 1. The molecule has 0 saturated heterocycles. The molecule has 130 valence electrons. The van der Waals surface area contributed by atoms with E-state index in [1.165, 1.54) is 11.7 Å². The minimum Gasteiger partial charge on any atom is -0.467 e. The fraction of sp³-hybridized carbons (Fsp3) is 0.471. The number of hydrogen-bond acceptors (Lipinski definition) is 5. The fourth-order valence-electron chi connectivity index (χ4n) is 2.53. The summed E-state index contributed by atoms with van der Waals surface area (Å²) < 4.78 is 11.2. The first-order chi connectivity index (χ1) is 11.4. The molecule has 0 aliphatic heterocycles. The number of benzene rings is 1. The number of nitrogens with zero attached hydrogens (tertiary/aromatic N) is 1. The predicted molar refractivity (Wildman–Crippen MR) is 88.5 cm³/mol. The Labute approximate surface area is 139 Å². The molecular formula is C17H22N2O5. The van der Waals surface area contributed by atoms with Gasteiger partial charge in [-0.25, -0.2) is 9.59 Å². The van der Waals surface area contributed by atoms with Gasteiger partial charge in [0, 0.05) is 13.0 Å². The van der Waals surface area contributed by atoms with Crippen LogP contribution < -0.4 is 11.1 Å². The molecule has 2 rings (SSSR count). The third-order valence-corrected chi connectivity index (χ3v) is 3.66. The quantitative estimate of drug-likeness (QED) is 0.778. The number of hydrogen-bond donors (Lipinski definition) is 1. The van der Waals surface area contributed by atoms with Crippen LogP contribution in [-0.2, 0) is 20.9 Å². The van der Waals surface area contributed by atoms with E-state index in [9.17, 15) is 14.4 Å². The molecule has 1 unspecified atom stereocenters. The van der Waals surface area contributed by atoms with Crippen LogP contribution in [0, 0.1) is 5.92 Å². The zero-order valence-corrected chi connectivity index (χ0v) is 14.1. The van der Waals surface area contributed by atoms with Gasteiger partial charge in [0.1, 0.15) is 6.04 Å². The van der Waals surface area contributed by atoms with Crippen molar-refractivity contribution in [3.05, 3.63) is 34.8 Å². The first-order valence-electron chi connectivity index (χ1n) is 7.88. The Bertz CT molecular complexity index is 775. The van der Waals surface area contributed by atoms with Crippen LogP contribution in [-0.4, -0.2) is 29.6 Å². The smallest absolute Gasteiger partial charge is 0.419 e. The number of carbonyl (C=O) groups is 2. The van der Waals surface area contributed by atoms with Crippen LogP contribution in [0.4, 0.5) is 0 Å². The normalized spacial score (nSPS) is 12.3. The summed E-state index contributed by atoms with van der Waals surface area (Å²) in [5, 5.41) is 2.67. The summed E-state index contributed by atoms with van der Waals surface area (Å²) >= 11 is 0. The molecule has 0 radical (unpaired) electrons. The van der Waals surface area contributed by atoms with Crippen LogP contribution in [0.5, 0.6) is 0 Å². The van der Waals surface area contributed by atoms with Crippen LogP contribution in [0.2, 0.25) is 0 Å². The van der Waals surface area contributed by atoms with Crippen molar-refractivity contribution in [3.8, 4) is 0 Å². The molecule has 1 amide bonds. The number of ether oxygens (including phenoxy) is 1. The van der Waals surface area contributed by atoms with E-state index in [0.29, 0.717) is 17.5 Å². The molecule has 1 N–H and O–H groups in total. The highest BCUT2D eigenvalue weighted by atomic mass is 16.5. The number of aromatic nitrogens is 1. The maximum absolute atomic E-state index is 12.1. The van der Waals surface area contributed by atoms with Gasteiger partial charge in [-0.05, 0) is 24.5 Å². The molecule has 0 fully saturated rings. The van der Waals surface area contributed by atoms with E-state index in [-0.39, 0.29) is 24.8 Å². The monoisotopic (exact) mass is 334 g/mol. The van der Waals surface area contributed by atoms with Gasteiger partial charge in [0.25, 0.3) is 0 Å². The maximum atomic E-state index is 12.1. The van der Waals surface area contributed by atoms with Crippen LogP contribution in [0.25, 0.3) is 11.1 Å². The second-order valence-electron chi connectivity index (χ2n) is 6.01. The van der Waals surface area contributed by atoms with Gasteiger partial charge in [-0.2, -0.15) is 0 Å². The standard InChI is InChI=1S/C17H22N2O5/c1-11(2)10-12(16(21)23-3)18-15(20)8-9-19-13-6-4-5-7-14(13)24-17(19)22/h4-7,11-12H,8-10H2,1-3H3,(H,18,20). The van der Waals surface area contributed by atoms with Crippen LogP contribution in [0.1, 0.15) is 26.7 Å². The van der Waals surface area contributed by atoms with E-state index in [0.717, 1.165) is 0 Å². The van der Waals surface area contributed by atoms with E-state index in [2.05, 4.69) is 5.32 Å². The van der Waals surface area contributed by atoms with Crippen molar-refractivity contribution >= 4 is 23.0 Å². The van der Waals surface area contributed by atoms with Gasteiger partial charge in [-0.15, -0.1) is 0 Å². The Morgan fingerprint density at radius 2 is 2.00 bits per heavy atom. The zero-order valence-electron chi connectivity index (χ0n) is 14.1. The van der Waals surface area contributed by atoms with Crippen molar-refractivity contribution in [2.45, 2.75) is 39.3 Å². The first-order valence-corrected chi connectivity index (χ1v) is 7.88. The van der Waals surface area contributed by atoms with Gasteiger partial charge in [-0.3, -0.25) is 9.36 Å². The van der Waals surface area contributed by atoms with E-state index in [1.807, 2.05) is 13.8 Å². The van der Waals surface area contributed by atoms with Gasteiger partial charge in [0.15, 0.2) is 5.58 Å². The van der Waals surface area contributed by atoms with Gasteiger partial charge < -0.3 is 14.5 Å². The molecule has 7 heteroatoms. The Kier molecular flexibility index (Phi) is 5.78. The largest absolute Gasteiger partial charge is 0.467 e. The van der Waals surface area contributed by atoms with Crippen LogP contribution >= 0.6 is 0 Å². The summed E-state index contributed by atoms with van der Waals surface area (Å²) in [5.41, 5.74) is 1.12. The zero-order chi connectivity index (χ0) is 17.7. The Morgan fingerprint density at radius 3 is 2.67 bits per heavy atom. The van der Waals surface area contributed by atoms with Crippen molar-refractivity contribution in [2.24, 2.45) is 5.92 Å². The Balaban J connectivity index is 2.02. The number of esters is 1.